The highest BCUT2D eigenvalue weighted by Crippen LogP contribution is 2.48. The molecular weight excluding hydrogens is 414 g/mol. The van der Waals surface area contributed by atoms with Crippen molar-refractivity contribution in [1.29, 1.82) is 0 Å². The molecule has 0 radical (unpaired) electrons. The van der Waals surface area contributed by atoms with Gasteiger partial charge in [0.05, 0.1) is 5.92 Å². The third-order valence-electron chi connectivity index (χ3n) is 3.45. The van der Waals surface area contributed by atoms with E-state index >= 15 is 0 Å². The molecular formula is C15H16F4O6P2. The normalized spacial score (nSPS) is 21.3. The molecule has 4 atom stereocenters. The van der Waals surface area contributed by atoms with E-state index in [4.69, 9.17) is 9.47 Å². The molecule has 0 bridgehead atoms. The monoisotopic (exact) mass is 430 g/mol. The molecule has 2 unspecified atom stereocenters. The molecule has 2 rings (SSSR count). The lowest BCUT2D eigenvalue weighted by Gasteiger charge is -2.21. The third-order valence-corrected chi connectivity index (χ3v) is 4.12. The van der Waals surface area contributed by atoms with Gasteiger partial charge in [0.25, 0.3) is 8.15 Å². The first kappa shape index (κ1) is 21.8. The zero-order chi connectivity index (χ0) is 20.4. The molecule has 1 heterocycles. The zero-order valence-corrected chi connectivity index (χ0v) is 16.2. The molecule has 1 saturated heterocycles. The summed E-state index contributed by atoms with van der Waals surface area (Å²) in [4.78, 5) is 24.3. The zero-order valence-electron chi connectivity index (χ0n) is 14.2. The molecule has 1 aromatic rings. The predicted octanol–water partition coefficient (Wildman–Crippen LogP) is 4.04. The van der Waals surface area contributed by atoms with Crippen molar-refractivity contribution in [3.8, 4) is 5.75 Å². The Balaban J connectivity index is 2.19. The molecule has 150 valence electrons. The first-order chi connectivity index (χ1) is 12.4. The third kappa shape index (κ3) is 6.55. The SMILES string of the molecule is CC1(C)OC(=O)[C@H]([C@@H](Cc2ccc(OC(F)(F)F)cc2)C(=O)OP(F)P)O1. The highest BCUT2D eigenvalue weighted by molar-refractivity contribution is 8.08. The van der Waals surface area contributed by atoms with Crippen LogP contribution in [-0.2, 0) is 30.0 Å². The maximum absolute atomic E-state index is 13.1. The van der Waals surface area contributed by atoms with Crippen LogP contribution in [0.2, 0.25) is 0 Å². The molecule has 0 saturated carbocycles. The van der Waals surface area contributed by atoms with Gasteiger partial charge in [-0.1, -0.05) is 12.1 Å². The maximum Gasteiger partial charge on any atom is 0.573 e. The fourth-order valence-electron chi connectivity index (χ4n) is 2.47. The van der Waals surface area contributed by atoms with Gasteiger partial charge in [0.1, 0.15) is 5.75 Å². The number of ether oxygens (including phenoxy) is 3. The molecule has 1 aromatic carbocycles. The summed E-state index contributed by atoms with van der Waals surface area (Å²) in [6, 6.07) is 4.68. The van der Waals surface area contributed by atoms with Crippen LogP contribution in [0.1, 0.15) is 19.4 Å². The summed E-state index contributed by atoms with van der Waals surface area (Å²) < 4.78 is 68.5. The van der Waals surface area contributed by atoms with Crippen LogP contribution in [-0.4, -0.2) is 30.2 Å². The number of rotatable bonds is 6. The van der Waals surface area contributed by atoms with Gasteiger partial charge in [-0.25, -0.2) is 4.79 Å². The van der Waals surface area contributed by atoms with E-state index < -0.39 is 50.0 Å². The molecule has 6 nitrogen and oxygen atoms in total. The van der Waals surface area contributed by atoms with Gasteiger partial charge in [-0.3, -0.25) is 4.79 Å². The van der Waals surface area contributed by atoms with Gasteiger partial charge >= 0.3 is 18.3 Å². The molecule has 0 spiro atoms. The van der Waals surface area contributed by atoms with E-state index in [1.165, 1.54) is 26.0 Å². The summed E-state index contributed by atoms with van der Waals surface area (Å²) in [7, 11) is -0.911. The second-order valence-electron chi connectivity index (χ2n) is 6.04. The lowest BCUT2D eigenvalue weighted by Crippen LogP contribution is -2.36. The highest BCUT2D eigenvalue weighted by atomic mass is 32.0. The average Bonchev–Trinajstić information content (AvgIpc) is 2.76. The van der Waals surface area contributed by atoms with Gasteiger partial charge in [0, 0.05) is 13.8 Å². The fraction of sp³-hybridized carbons (Fsp3) is 0.467. The standard InChI is InChI=1S/C15H16F4O6P2/c1-14(2)23-11(13(21)24-14)10(12(20)25-27(19)26)7-8-3-5-9(6-4-8)22-15(16,17)18/h3-6,10-11H,7,26H2,1-2H3/t10-,11+,27?/m1/s1. The quantitative estimate of drug-likeness (QED) is 0.386. The Hall–Kier alpha value is -1.50. The fourth-order valence-corrected chi connectivity index (χ4v) is 3.09. The van der Waals surface area contributed by atoms with Crippen molar-refractivity contribution >= 4 is 29.0 Å². The number of carbonyl (C=O) groups is 2. The number of carbonyl (C=O) groups excluding carboxylic acids is 2. The van der Waals surface area contributed by atoms with E-state index in [1.54, 1.807) is 8.93 Å². The molecule has 1 aliphatic heterocycles. The Morgan fingerprint density at radius 3 is 2.37 bits per heavy atom. The molecule has 12 heteroatoms. The minimum absolute atomic E-state index is 0.144. The second-order valence-corrected chi connectivity index (χ2v) is 7.99. The van der Waals surface area contributed by atoms with E-state index in [-0.39, 0.29) is 6.42 Å². The van der Waals surface area contributed by atoms with Gasteiger partial charge in [0.2, 0.25) is 5.79 Å². The van der Waals surface area contributed by atoms with Crippen molar-refractivity contribution in [3.05, 3.63) is 29.8 Å². The maximum atomic E-state index is 13.1. The van der Waals surface area contributed by atoms with Crippen LogP contribution in [0.15, 0.2) is 24.3 Å². The molecule has 1 fully saturated rings. The number of hydrogen-bond acceptors (Lipinski definition) is 6. The Kier molecular flexibility index (Phi) is 6.66. The number of alkyl halides is 3. The van der Waals surface area contributed by atoms with Crippen LogP contribution in [0, 0.1) is 5.92 Å². The van der Waals surface area contributed by atoms with Crippen LogP contribution in [0.25, 0.3) is 0 Å². The molecule has 27 heavy (non-hydrogen) atoms. The van der Waals surface area contributed by atoms with Crippen molar-refractivity contribution in [2.24, 2.45) is 5.92 Å². The second kappa shape index (κ2) is 8.25. The van der Waals surface area contributed by atoms with Crippen LogP contribution >= 0.6 is 17.1 Å². The largest absolute Gasteiger partial charge is 0.573 e. The van der Waals surface area contributed by atoms with Crippen LogP contribution in [0.4, 0.5) is 17.4 Å². The summed E-state index contributed by atoms with van der Waals surface area (Å²) in [5.41, 5.74) is 0.388. The molecule has 0 aliphatic carbocycles. The summed E-state index contributed by atoms with van der Waals surface area (Å²) in [5, 5.41) is 0. The van der Waals surface area contributed by atoms with E-state index in [1.807, 2.05) is 0 Å². The van der Waals surface area contributed by atoms with E-state index in [2.05, 4.69) is 9.26 Å². The van der Waals surface area contributed by atoms with Crippen LogP contribution in [0.3, 0.4) is 0 Å². The predicted molar refractivity (Wildman–Crippen MR) is 89.2 cm³/mol. The minimum Gasteiger partial charge on any atom is -0.432 e. The van der Waals surface area contributed by atoms with Crippen molar-refractivity contribution in [1.82, 2.24) is 0 Å². The summed E-state index contributed by atoms with van der Waals surface area (Å²) in [6.45, 7) is 2.93. The first-order valence-corrected chi connectivity index (χ1v) is 10.3. The van der Waals surface area contributed by atoms with Gasteiger partial charge < -0.3 is 18.7 Å². The number of halogens is 4. The number of hydrogen-bond donors (Lipinski definition) is 0. The average molecular weight is 430 g/mol. The lowest BCUT2D eigenvalue weighted by atomic mass is 9.94. The van der Waals surface area contributed by atoms with Crippen molar-refractivity contribution in [3.63, 3.8) is 0 Å². The van der Waals surface area contributed by atoms with Crippen molar-refractivity contribution in [2.75, 3.05) is 0 Å². The van der Waals surface area contributed by atoms with E-state index in [0.717, 1.165) is 12.1 Å². The van der Waals surface area contributed by atoms with Gasteiger partial charge in [-0.2, -0.15) is 4.20 Å². The van der Waals surface area contributed by atoms with Crippen molar-refractivity contribution in [2.45, 2.75) is 38.5 Å². The Morgan fingerprint density at radius 2 is 1.93 bits per heavy atom. The summed E-state index contributed by atoms with van der Waals surface area (Å²) in [6.07, 6.45) is -6.31. The smallest absolute Gasteiger partial charge is 0.432 e. The number of esters is 1. The Bertz CT molecular complexity index is 693. The lowest BCUT2D eigenvalue weighted by molar-refractivity contribution is -0.274. The number of benzene rings is 1. The topological polar surface area (TPSA) is 71.1 Å². The summed E-state index contributed by atoms with van der Waals surface area (Å²) >= 11 is 0. The Labute approximate surface area is 155 Å². The van der Waals surface area contributed by atoms with Crippen LogP contribution < -0.4 is 4.74 Å². The molecule has 0 aromatic heterocycles. The highest BCUT2D eigenvalue weighted by Gasteiger charge is 2.48. The summed E-state index contributed by atoms with van der Waals surface area (Å²) in [5.74, 6) is -4.79. The molecule has 0 N–H and O–H groups in total. The molecule has 1 aliphatic rings. The van der Waals surface area contributed by atoms with Crippen molar-refractivity contribution < 1.29 is 45.7 Å². The van der Waals surface area contributed by atoms with Crippen LogP contribution in [0.5, 0.6) is 5.75 Å². The van der Waals surface area contributed by atoms with Gasteiger partial charge in [0.15, 0.2) is 6.10 Å². The number of cyclic esters (lactones) is 1. The minimum atomic E-state index is -4.84. The van der Waals surface area contributed by atoms with Gasteiger partial charge in [-0.15, -0.1) is 13.2 Å². The van der Waals surface area contributed by atoms with E-state index in [0.29, 0.717) is 5.56 Å². The Morgan fingerprint density at radius 1 is 1.33 bits per heavy atom. The molecule has 0 amide bonds. The van der Waals surface area contributed by atoms with Gasteiger partial charge in [-0.05, 0) is 33.0 Å². The van der Waals surface area contributed by atoms with E-state index in [9.17, 15) is 27.0 Å². The first-order valence-electron chi connectivity index (χ1n) is 7.54.